The first-order valence-corrected chi connectivity index (χ1v) is 6.37. The van der Waals surface area contributed by atoms with Crippen molar-refractivity contribution in [2.75, 3.05) is 26.1 Å². The molecule has 0 saturated carbocycles. The van der Waals surface area contributed by atoms with Gasteiger partial charge in [-0.15, -0.1) is 11.6 Å². The molecule has 1 aliphatic heterocycles. The van der Waals surface area contributed by atoms with E-state index in [1.807, 2.05) is 12.1 Å². The third-order valence-electron chi connectivity index (χ3n) is 3.25. The molecule has 1 atom stereocenters. The predicted octanol–water partition coefficient (Wildman–Crippen LogP) is 2.90. The zero-order valence-electron chi connectivity index (χ0n) is 9.96. The standard InChI is InChI=1S/C13H17ClFNO/c1-17-12-4-2-3-11(13(12)15)9-16-6-5-10(7-14)8-16/h2-4,10H,5-9H2,1H3. The molecule has 0 radical (unpaired) electrons. The Bertz CT molecular complexity index is 386. The van der Waals surface area contributed by atoms with Gasteiger partial charge in [0.2, 0.25) is 0 Å². The van der Waals surface area contributed by atoms with Crippen molar-refractivity contribution in [1.82, 2.24) is 4.90 Å². The Morgan fingerprint density at radius 1 is 1.53 bits per heavy atom. The second kappa shape index (κ2) is 5.69. The van der Waals surface area contributed by atoms with Crippen LogP contribution < -0.4 is 4.74 Å². The van der Waals surface area contributed by atoms with Gasteiger partial charge in [0, 0.05) is 24.5 Å². The van der Waals surface area contributed by atoms with Crippen LogP contribution in [0.4, 0.5) is 4.39 Å². The first-order valence-electron chi connectivity index (χ1n) is 5.84. The van der Waals surface area contributed by atoms with E-state index in [1.54, 1.807) is 6.07 Å². The smallest absolute Gasteiger partial charge is 0.169 e. The minimum absolute atomic E-state index is 0.246. The summed E-state index contributed by atoms with van der Waals surface area (Å²) in [4.78, 5) is 2.24. The van der Waals surface area contributed by atoms with Gasteiger partial charge in [-0.3, -0.25) is 4.90 Å². The molecule has 1 aliphatic rings. The number of hydrogen-bond acceptors (Lipinski definition) is 2. The summed E-state index contributed by atoms with van der Waals surface area (Å²) in [5.41, 5.74) is 0.694. The lowest BCUT2D eigenvalue weighted by molar-refractivity contribution is 0.311. The minimum atomic E-state index is -0.246. The van der Waals surface area contributed by atoms with E-state index in [2.05, 4.69) is 4.90 Å². The molecular weight excluding hydrogens is 241 g/mol. The zero-order valence-corrected chi connectivity index (χ0v) is 10.7. The maximum Gasteiger partial charge on any atom is 0.169 e. The van der Waals surface area contributed by atoms with E-state index < -0.39 is 0 Å². The molecule has 1 aromatic carbocycles. The van der Waals surface area contributed by atoms with Gasteiger partial charge in [0.25, 0.3) is 0 Å². The van der Waals surface area contributed by atoms with Gasteiger partial charge in [0.1, 0.15) is 0 Å². The van der Waals surface area contributed by atoms with E-state index in [-0.39, 0.29) is 5.82 Å². The van der Waals surface area contributed by atoms with Crippen LogP contribution in [0.15, 0.2) is 18.2 Å². The summed E-state index contributed by atoms with van der Waals surface area (Å²) in [6.45, 7) is 2.59. The highest BCUT2D eigenvalue weighted by atomic mass is 35.5. The fourth-order valence-electron chi connectivity index (χ4n) is 2.26. The second-order valence-electron chi connectivity index (χ2n) is 4.48. The molecule has 2 rings (SSSR count). The quantitative estimate of drug-likeness (QED) is 0.769. The summed E-state index contributed by atoms with van der Waals surface area (Å²) >= 11 is 5.83. The van der Waals surface area contributed by atoms with Crippen LogP contribution in [0.3, 0.4) is 0 Å². The number of halogens is 2. The van der Waals surface area contributed by atoms with E-state index in [0.717, 1.165) is 19.5 Å². The van der Waals surface area contributed by atoms with Gasteiger partial charge in [-0.05, 0) is 24.9 Å². The van der Waals surface area contributed by atoms with Crippen LogP contribution in [-0.4, -0.2) is 31.0 Å². The van der Waals surface area contributed by atoms with E-state index in [1.165, 1.54) is 7.11 Å². The molecule has 1 saturated heterocycles. The molecule has 94 valence electrons. The maximum absolute atomic E-state index is 13.9. The van der Waals surface area contributed by atoms with Gasteiger partial charge in [-0.2, -0.15) is 0 Å². The average molecular weight is 258 g/mol. The fourth-order valence-corrected chi connectivity index (χ4v) is 2.51. The van der Waals surface area contributed by atoms with Gasteiger partial charge in [-0.1, -0.05) is 12.1 Å². The van der Waals surface area contributed by atoms with Crippen LogP contribution in [0.1, 0.15) is 12.0 Å². The van der Waals surface area contributed by atoms with Crippen molar-refractivity contribution >= 4 is 11.6 Å². The maximum atomic E-state index is 13.9. The van der Waals surface area contributed by atoms with Crippen molar-refractivity contribution in [3.05, 3.63) is 29.6 Å². The first kappa shape index (κ1) is 12.7. The number of hydrogen-bond donors (Lipinski definition) is 0. The number of alkyl halides is 1. The van der Waals surface area contributed by atoms with Crippen LogP contribution in [0.25, 0.3) is 0 Å². The minimum Gasteiger partial charge on any atom is -0.494 e. The Balaban J connectivity index is 2.04. The number of benzene rings is 1. The highest BCUT2D eigenvalue weighted by Crippen LogP contribution is 2.24. The van der Waals surface area contributed by atoms with Crippen molar-refractivity contribution in [3.8, 4) is 5.75 Å². The number of likely N-dealkylation sites (tertiary alicyclic amines) is 1. The summed E-state index contributed by atoms with van der Waals surface area (Å²) in [5.74, 6) is 1.31. The molecule has 0 spiro atoms. The molecular formula is C13H17ClFNO. The molecule has 1 heterocycles. The highest BCUT2D eigenvalue weighted by molar-refractivity contribution is 6.18. The van der Waals surface area contributed by atoms with E-state index in [4.69, 9.17) is 16.3 Å². The molecule has 2 nitrogen and oxygen atoms in total. The first-order chi connectivity index (χ1) is 8.24. The van der Waals surface area contributed by atoms with Crippen LogP contribution in [0.5, 0.6) is 5.75 Å². The molecule has 1 unspecified atom stereocenters. The van der Waals surface area contributed by atoms with Crippen molar-refractivity contribution in [2.45, 2.75) is 13.0 Å². The molecule has 17 heavy (non-hydrogen) atoms. The van der Waals surface area contributed by atoms with Crippen molar-refractivity contribution in [2.24, 2.45) is 5.92 Å². The van der Waals surface area contributed by atoms with Crippen LogP contribution in [0.2, 0.25) is 0 Å². The predicted molar refractivity (Wildman–Crippen MR) is 67.1 cm³/mol. The van der Waals surface area contributed by atoms with Crippen LogP contribution >= 0.6 is 11.6 Å². The summed E-state index contributed by atoms with van der Waals surface area (Å²) in [6, 6.07) is 5.28. The van der Waals surface area contributed by atoms with Crippen LogP contribution in [0, 0.1) is 11.7 Å². The van der Waals surface area contributed by atoms with Gasteiger partial charge < -0.3 is 4.74 Å². The summed E-state index contributed by atoms with van der Waals surface area (Å²) in [5, 5.41) is 0. The third-order valence-corrected chi connectivity index (χ3v) is 3.68. The average Bonchev–Trinajstić information content (AvgIpc) is 2.79. The lowest BCUT2D eigenvalue weighted by atomic mass is 10.1. The fraction of sp³-hybridized carbons (Fsp3) is 0.538. The SMILES string of the molecule is COc1cccc(CN2CCC(CCl)C2)c1F. The summed E-state index contributed by atoms with van der Waals surface area (Å²) in [6.07, 6.45) is 1.11. The molecule has 0 bridgehead atoms. The lowest BCUT2D eigenvalue weighted by Crippen LogP contribution is -2.21. The Hall–Kier alpha value is -0.800. The third kappa shape index (κ3) is 2.90. The number of rotatable bonds is 4. The Kier molecular flexibility index (Phi) is 4.24. The van der Waals surface area contributed by atoms with Gasteiger partial charge in [0.05, 0.1) is 7.11 Å². The largest absolute Gasteiger partial charge is 0.494 e. The number of nitrogens with zero attached hydrogens (tertiary/aromatic N) is 1. The van der Waals surface area contributed by atoms with Gasteiger partial charge in [-0.25, -0.2) is 4.39 Å². The highest BCUT2D eigenvalue weighted by Gasteiger charge is 2.22. The monoisotopic (exact) mass is 257 g/mol. The van der Waals surface area contributed by atoms with Crippen molar-refractivity contribution in [3.63, 3.8) is 0 Å². The second-order valence-corrected chi connectivity index (χ2v) is 4.79. The normalized spacial score (nSPS) is 20.8. The lowest BCUT2D eigenvalue weighted by Gasteiger charge is -2.16. The Morgan fingerprint density at radius 3 is 3.00 bits per heavy atom. The Morgan fingerprint density at radius 2 is 2.35 bits per heavy atom. The number of ether oxygens (including phenoxy) is 1. The molecule has 1 aromatic rings. The van der Waals surface area contributed by atoms with Gasteiger partial charge >= 0.3 is 0 Å². The molecule has 0 amide bonds. The molecule has 4 heteroatoms. The van der Waals surface area contributed by atoms with E-state index in [0.29, 0.717) is 29.7 Å². The number of methoxy groups -OCH3 is 1. The molecule has 1 fully saturated rings. The topological polar surface area (TPSA) is 12.5 Å². The van der Waals surface area contributed by atoms with Crippen molar-refractivity contribution < 1.29 is 9.13 Å². The van der Waals surface area contributed by atoms with Crippen LogP contribution in [-0.2, 0) is 6.54 Å². The van der Waals surface area contributed by atoms with Crippen molar-refractivity contribution in [1.29, 1.82) is 0 Å². The molecule has 0 aromatic heterocycles. The molecule has 0 N–H and O–H groups in total. The summed E-state index contributed by atoms with van der Waals surface area (Å²) in [7, 11) is 1.49. The van der Waals surface area contributed by atoms with E-state index in [9.17, 15) is 4.39 Å². The molecule has 0 aliphatic carbocycles. The summed E-state index contributed by atoms with van der Waals surface area (Å²) < 4.78 is 18.9. The van der Waals surface area contributed by atoms with Gasteiger partial charge in [0.15, 0.2) is 11.6 Å². The Labute approximate surface area is 106 Å². The zero-order chi connectivity index (χ0) is 12.3. The van der Waals surface area contributed by atoms with E-state index >= 15 is 0 Å².